The number of benzene rings is 1. The van der Waals surface area contributed by atoms with Crippen LogP contribution in [-0.4, -0.2) is 71.5 Å². The van der Waals surface area contributed by atoms with E-state index in [1.165, 1.54) is 10.9 Å². The summed E-state index contributed by atoms with van der Waals surface area (Å²) in [4.78, 5) is 12.5. The molecule has 0 radical (unpaired) electrons. The summed E-state index contributed by atoms with van der Waals surface area (Å²) in [5, 5.41) is 39.5. The zero-order valence-electron chi connectivity index (χ0n) is 16.2. The number of nitrogen functional groups attached to an aromatic ring is 1. The van der Waals surface area contributed by atoms with Gasteiger partial charge in [-0.05, 0) is 12.5 Å². The molecule has 160 valence electrons. The van der Waals surface area contributed by atoms with Gasteiger partial charge in [-0.25, -0.2) is 4.98 Å². The van der Waals surface area contributed by atoms with Crippen LogP contribution < -0.4 is 10.5 Å². The van der Waals surface area contributed by atoms with Crippen molar-refractivity contribution in [3.8, 4) is 5.88 Å². The van der Waals surface area contributed by atoms with Crippen LogP contribution >= 0.6 is 0 Å². The number of imidazole rings is 1. The van der Waals surface area contributed by atoms with Crippen LogP contribution in [0.25, 0.3) is 11.2 Å². The average molecular weight is 417 g/mol. The summed E-state index contributed by atoms with van der Waals surface area (Å²) in [6.07, 6.45) is -3.91. The van der Waals surface area contributed by atoms with Crippen LogP contribution in [0.15, 0.2) is 30.6 Å². The lowest BCUT2D eigenvalue weighted by atomic mass is 10.1. The number of rotatable bonds is 6. The molecule has 3 aromatic rings. The molecule has 2 aromatic heterocycles. The molecule has 0 aliphatic carbocycles. The Morgan fingerprint density at radius 1 is 1.17 bits per heavy atom. The van der Waals surface area contributed by atoms with Crippen LogP contribution in [0.4, 0.5) is 5.95 Å². The Bertz CT molecular complexity index is 1030. The van der Waals surface area contributed by atoms with E-state index < -0.39 is 37.3 Å². The number of hydrogen-bond donors (Lipinski definition) is 5. The minimum atomic E-state index is -1.31. The normalized spacial score (nSPS) is 25.0. The predicted octanol–water partition coefficient (Wildman–Crippen LogP) is -0.559. The number of aromatic nitrogens is 4. The molecule has 0 bridgehead atoms. The summed E-state index contributed by atoms with van der Waals surface area (Å²) in [7, 11) is 0. The van der Waals surface area contributed by atoms with Gasteiger partial charge >= 0.3 is 0 Å². The van der Waals surface area contributed by atoms with E-state index in [0.717, 1.165) is 11.1 Å². The molecule has 4 rings (SSSR count). The molecule has 0 saturated carbocycles. The second-order valence-corrected chi connectivity index (χ2v) is 7.14. The van der Waals surface area contributed by atoms with Crippen molar-refractivity contribution in [1.29, 1.82) is 0 Å². The molecule has 30 heavy (non-hydrogen) atoms. The standard InChI is InChI=1S/C19H23N5O6/c1-9-2-4-10(5-3-9)11(6-25)29-17-13-16(22-19(20)23-17)24(8-21-13)18-15(28)14(27)12(7-26)30-18/h2-5,8,11-12,14-15,18,25-28H,6-7H2,1H3,(H2,20,22,23)/t11-,12-,14-,15-,18-/m1/s1. The predicted molar refractivity (Wildman–Crippen MR) is 104 cm³/mol. The Morgan fingerprint density at radius 2 is 1.90 bits per heavy atom. The lowest BCUT2D eigenvalue weighted by molar-refractivity contribution is -0.0511. The fourth-order valence-corrected chi connectivity index (χ4v) is 3.41. The second kappa shape index (κ2) is 8.13. The Kier molecular flexibility index (Phi) is 5.54. The largest absolute Gasteiger partial charge is 0.465 e. The maximum absolute atomic E-state index is 10.3. The molecule has 0 unspecified atom stereocenters. The molecule has 1 fully saturated rings. The van der Waals surface area contributed by atoms with Crippen LogP contribution in [0.3, 0.4) is 0 Å². The summed E-state index contributed by atoms with van der Waals surface area (Å²) in [6.45, 7) is 1.20. The monoisotopic (exact) mass is 417 g/mol. The van der Waals surface area contributed by atoms with Gasteiger partial charge in [-0.1, -0.05) is 29.8 Å². The van der Waals surface area contributed by atoms with Gasteiger partial charge in [-0.15, -0.1) is 0 Å². The fourth-order valence-electron chi connectivity index (χ4n) is 3.41. The van der Waals surface area contributed by atoms with Crippen LogP contribution in [0.1, 0.15) is 23.5 Å². The first kappa shape index (κ1) is 20.4. The van der Waals surface area contributed by atoms with Crippen molar-refractivity contribution in [3.05, 3.63) is 41.7 Å². The lowest BCUT2D eigenvalue weighted by Crippen LogP contribution is -2.33. The van der Waals surface area contributed by atoms with Crippen molar-refractivity contribution in [2.24, 2.45) is 0 Å². The molecule has 1 saturated heterocycles. The van der Waals surface area contributed by atoms with Crippen LogP contribution in [-0.2, 0) is 4.74 Å². The van der Waals surface area contributed by atoms with Gasteiger partial charge in [0.15, 0.2) is 17.4 Å². The number of fused-ring (bicyclic) bond motifs is 1. The number of aliphatic hydroxyl groups excluding tert-OH is 4. The average Bonchev–Trinajstić information content (AvgIpc) is 3.27. The number of anilines is 1. The molecule has 1 aliphatic heterocycles. The number of nitrogens with zero attached hydrogens (tertiary/aromatic N) is 4. The van der Waals surface area contributed by atoms with Crippen LogP contribution in [0.2, 0.25) is 0 Å². The van der Waals surface area contributed by atoms with E-state index in [1.54, 1.807) is 0 Å². The third kappa shape index (κ3) is 3.57. The third-order valence-corrected chi connectivity index (χ3v) is 5.07. The smallest absolute Gasteiger partial charge is 0.247 e. The minimum absolute atomic E-state index is 0.0580. The van der Waals surface area contributed by atoms with Gasteiger partial charge in [-0.2, -0.15) is 9.97 Å². The maximum atomic E-state index is 10.3. The molecule has 3 heterocycles. The van der Waals surface area contributed by atoms with E-state index in [-0.39, 0.29) is 29.6 Å². The molecule has 0 spiro atoms. The van der Waals surface area contributed by atoms with Gasteiger partial charge in [0.1, 0.15) is 24.4 Å². The van der Waals surface area contributed by atoms with E-state index in [9.17, 15) is 20.4 Å². The Balaban J connectivity index is 1.69. The fraction of sp³-hybridized carbons (Fsp3) is 0.421. The Labute approximate surface area is 171 Å². The van der Waals surface area contributed by atoms with Gasteiger partial charge in [-0.3, -0.25) is 4.57 Å². The quantitative estimate of drug-likeness (QED) is 0.350. The molecule has 6 N–H and O–H groups in total. The number of aryl methyl sites for hydroxylation is 1. The van der Waals surface area contributed by atoms with Crippen molar-refractivity contribution >= 4 is 17.1 Å². The first-order valence-electron chi connectivity index (χ1n) is 9.39. The zero-order chi connectivity index (χ0) is 21.4. The van der Waals surface area contributed by atoms with E-state index in [1.807, 2.05) is 31.2 Å². The highest BCUT2D eigenvalue weighted by Crippen LogP contribution is 2.34. The summed E-state index contributed by atoms with van der Waals surface area (Å²) >= 11 is 0. The van der Waals surface area contributed by atoms with Crippen molar-refractivity contribution in [2.45, 2.75) is 37.6 Å². The molecule has 1 aliphatic rings. The number of ether oxygens (including phenoxy) is 2. The molecule has 11 nitrogen and oxygen atoms in total. The van der Waals surface area contributed by atoms with Gasteiger partial charge in [0.25, 0.3) is 0 Å². The molecule has 0 amide bonds. The van der Waals surface area contributed by atoms with Gasteiger partial charge in [0.2, 0.25) is 11.8 Å². The molecule has 11 heteroatoms. The van der Waals surface area contributed by atoms with Gasteiger partial charge in [0, 0.05) is 0 Å². The minimum Gasteiger partial charge on any atom is -0.465 e. The SMILES string of the molecule is Cc1ccc([C@@H](CO)Oc2nc(N)nc3c2ncn3[C@@H]2O[C@H](CO)[C@@H](O)[C@H]2O)cc1. The first-order chi connectivity index (χ1) is 14.4. The topological polar surface area (TPSA) is 169 Å². The second-order valence-electron chi connectivity index (χ2n) is 7.14. The van der Waals surface area contributed by atoms with Crippen molar-refractivity contribution < 1.29 is 29.9 Å². The van der Waals surface area contributed by atoms with Gasteiger partial charge < -0.3 is 35.6 Å². The first-order valence-corrected chi connectivity index (χ1v) is 9.39. The zero-order valence-corrected chi connectivity index (χ0v) is 16.2. The third-order valence-electron chi connectivity index (χ3n) is 5.07. The van der Waals surface area contributed by atoms with E-state index in [0.29, 0.717) is 0 Å². The number of aliphatic hydroxyl groups is 4. The summed E-state index contributed by atoms with van der Waals surface area (Å²) in [6, 6.07) is 7.49. The van der Waals surface area contributed by atoms with Crippen molar-refractivity contribution in [1.82, 2.24) is 19.5 Å². The maximum Gasteiger partial charge on any atom is 0.247 e. The van der Waals surface area contributed by atoms with E-state index in [4.69, 9.17) is 15.2 Å². The number of nitrogens with two attached hydrogens (primary N) is 1. The molecule has 5 atom stereocenters. The van der Waals surface area contributed by atoms with Crippen molar-refractivity contribution in [2.75, 3.05) is 18.9 Å². The van der Waals surface area contributed by atoms with Crippen LogP contribution in [0.5, 0.6) is 5.88 Å². The Hall–Kier alpha value is -2.83. The highest BCUT2D eigenvalue weighted by atomic mass is 16.6. The molecular weight excluding hydrogens is 394 g/mol. The molecule has 1 aromatic carbocycles. The van der Waals surface area contributed by atoms with E-state index in [2.05, 4.69) is 15.0 Å². The Morgan fingerprint density at radius 3 is 2.53 bits per heavy atom. The summed E-state index contributed by atoms with van der Waals surface area (Å²) in [5.41, 5.74) is 8.12. The highest BCUT2D eigenvalue weighted by molar-refractivity contribution is 5.77. The van der Waals surface area contributed by atoms with Crippen LogP contribution in [0, 0.1) is 6.92 Å². The highest BCUT2D eigenvalue weighted by Gasteiger charge is 2.44. The van der Waals surface area contributed by atoms with Gasteiger partial charge in [0.05, 0.1) is 19.5 Å². The summed E-state index contributed by atoms with van der Waals surface area (Å²) in [5.74, 6) is -0.0470. The molecular formula is C19H23N5O6. The summed E-state index contributed by atoms with van der Waals surface area (Å²) < 4.78 is 12.8. The van der Waals surface area contributed by atoms with Crippen molar-refractivity contribution in [3.63, 3.8) is 0 Å². The number of hydrogen-bond acceptors (Lipinski definition) is 10. The van der Waals surface area contributed by atoms with E-state index >= 15 is 0 Å². The lowest BCUT2D eigenvalue weighted by Gasteiger charge is -2.18.